The molecule has 1 aromatic carbocycles. The van der Waals surface area contributed by atoms with Crippen LogP contribution in [-0.2, 0) is 10.0 Å². The molecule has 1 aliphatic rings. The lowest BCUT2D eigenvalue weighted by Gasteiger charge is -2.31. The third-order valence-corrected chi connectivity index (χ3v) is 6.39. The zero-order valence-corrected chi connectivity index (χ0v) is 15.7. The van der Waals surface area contributed by atoms with Crippen molar-refractivity contribution in [3.8, 4) is 6.01 Å². The van der Waals surface area contributed by atoms with Crippen LogP contribution in [0.1, 0.15) is 24.2 Å². The van der Waals surface area contributed by atoms with Crippen molar-refractivity contribution in [2.45, 2.75) is 37.7 Å². The van der Waals surface area contributed by atoms with Crippen LogP contribution in [0.3, 0.4) is 0 Å². The number of piperidine rings is 1. The fourth-order valence-electron chi connectivity index (χ4n) is 2.91. The van der Waals surface area contributed by atoms with Gasteiger partial charge in [0.05, 0.1) is 11.6 Å². The van der Waals surface area contributed by atoms with Gasteiger partial charge in [0.25, 0.3) is 0 Å². The molecule has 0 spiro atoms. The van der Waals surface area contributed by atoms with E-state index in [0.717, 1.165) is 17.8 Å². The highest BCUT2D eigenvalue weighted by Crippen LogP contribution is 2.27. The minimum atomic E-state index is -3.65. The van der Waals surface area contributed by atoms with E-state index >= 15 is 0 Å². The Morgan fingerprint density at radius 3 is 2.56 bits per heavy atom. The fraction of sp³-hybridized carbons (Fsp3) is 0.412. The predicted molar refractivity (Wildman–Crippen MR) is 95.4 cm³/mol. The first-order valence-corrected chi connectivity index (χ1v) is 9.91. The molecule has 6 nitrogen and oxygen atoms in total. The highest BCUT2D eigenvalue weighted by molar-refractivity contribution is 7.89. The molecule has 0 aliphatic carbocycles. The number of hydrogen-bond donors (Lipinski definition) is 0. The van der Waals surface area contributed by atoms with Gasteiger partial charge in [0, 0.05) is 17.9 Å². The Morgan fingerprint density at radius 1 is 1.20 bits per heavy atom. The third-order valence-electron chi connectivity index (χ3n) is 4.03. The first-order valence-electron chi connectivity index (χ1n) is 8.10. The zero-order valence-electron chi connectivity index (χ0n) is 14.1. The van der Waals surface area contributed by atoms with E-state index in [0.29, 0.717) is 19.0 Å². The van der Waals surface area contributed by atoms with E-state index in [9.17, 15) is 8.42 Å². The van der Waals surface area contributed by atoms with Crippen molar-refractivity contribution in [3.05, 3.63) is 46.7 Å². The van der Waals surface area contributed by atoms with Gasteiger partial charge >= 0.3 is 6.01 Å². The molecule has 0 amide bonds. The molecule has 1 fully saturated rings. The van der Waals surface area contributed by atoms with E-state index in [1.165, 1.54) is 10.4 Å². The number of ether oxygens (including phenoxy) is 1. The number of aryl methyl sites for hydroxylation is 2. The molecule has 0 bridgehead atoms. The summed E-state index contributed by atoms with van der Waals surface area (Å²) in [5.41, 5.74) is 1.64. The number of sulfonamides is 1. The van der Waals surface area contributed by atoms with Gasteiger partial charge in [-0.3, -0.25) is 0 Å². The molecular weight excluding hydrogens is 362 g/mol. The fourth-order valence-corrected chi connectivity index (χ4v) is 4.91. The molecule has 2 aromatic rings. The molecule has 2 heterocycles. The first-order chi connectivity index (χ1) is 11.9. The summed E-state index contributed by atoms with van der Waals surface area (Å²) in [4.78, 5) is 8.66. The van der Waals surface area contributed by atoms with Gasteiger partial charge in [-0.1, -0.05) is 23.7 Å². The number of halogens is 1. The van der Waals surface area contributed by atoms with Crippen molar-refractivity contribution in [1.29, 1.82) is 0 Å². The molecule has 25 heavy (non-hydrogen) atoms. The summed E-state index contributed by atoms with van der Waals surface area (Å²) in [6.07, 6.45) is 1.18. The highest BCUT2D eigenvalue weighted by atomic mass is 35.5. The summed E-state index contributed by atoms with van der Waals surface area (Å²) in [6.45, 7) is 4.44. The average Bonchev–Trinajstić information content (AvgIpc) is 2.54. The Labute approximate surface area is 152 Å². The number of aromatic nitrogens is 2. The SMILES string of the molecule is Cc1cc(C)nc(OC2CCCN(S(=O)(=O)c3ccccc3Cl)C2)n1. The van der Waals surface area contributed by atoms with Crippen LogP contribution in [0.5, 0.6) is 6.01 Å². The molecule has 1 aliphatic heterocycles. The van der Waals surface area contributed by atoms with Gasteiger partial charge in [-0.05, 0) is 44.9 Å². The molecule has 1 saturated heterocycles. The first kappa shape index (κ1) is 18.1. The lowest BCUT2D eigenvalue weighted by atomic mass is 10.1. The van der Waals surface area contributed by atoms with Crippen LogP contribution >= 0.6 is 11.6 Å². The maximum absolute atomic E-state index is 12.9. The Kier molecular flexibility index (Phi) is 5.27. The predicted octanol–water partition coefficient (Wildman–Crippen LogP) is 2.98. The normalized spacial score (nSPS) is 18.9. The molecule has 134 valence electrons. The summed E-state index contributed by atoms with van der Waals surface area (Å²) in [5.74, 6) is 0. The van der Waals surface area contributed by atoms with Crippen molar-refractivity contribution in [2.24, 2.45) is 0 Å². The van der Waals surface area contributed by atoms with E-state index in [-0.39, 0.29) is 22.6 Å². The number of nitrogens with zero attached hydrogens (tertiary/aromatic N) is 3. The van der Waals surface area contributed by atoms with Gasteiger partial charge in [0.1, 0.15) is 11.0 Å². The quantitative estimate of drug-likeness (QED) is 0.814. The number of rotatable bonds is 4. The standard InChI is InChI=1S/C17H20ClN3O3S/c1-12-10-13(2)20-17(19-12)24-14-6-5-9-21(11-14)25(22,23)16-8-4-3-7-15(16)18/h3-4,7-8,10,14H,5-6,9,11H2,1-2H3. The Morgan fingerprint density at radius 2 is 1.88 bits per heavy atom. The summed E-state index contributed by atoms with van der Waals surface area (Å²) in [6, 6.07) is 8.63. The molecule has 0 saturated carbocycles. The molecule has 3 rings (SSSR count). The van der Waals surface area contributed by atoms with E-state index < -0.39 is 10.0 Å². The van der Waals surface area contributed by atoms with E-state index in [4.69, 9.17) is 16.3 Å². The summed E-state index contributed by atoms with van der Waals surface area (Å²) in [7, 11) is -3.65. The zero-order chi connectivity index (χ0) is 18.0. The van der Waals surface area contributed by atoms with Crippen molar-refractivity contribution < 1.29 is 13.2 Å². The maximum Gasteiger partial charge on any atom is 0.317 e. The second-order valence-electron chi connectivity index (χ2n) is 6.11. The molecular formula is C17H20ClN3O3S. The molecule has 0 radical (unpaired) electrons. The van der Waals surface area contributed by atoms with Crippen molar-refractivity contribution >= 4 is 21.6 Å². The van der Waals surface area contributed by atoms with E-state index in [1.807, 2.05) is 19.9 Å². The van der Waals surface area contributed by atoms with Gasteiger partial charge in [0.15, 0.2) is 0 Å². The number of hydrogen-bond acceptors (Lipinski definition) is 5. The van der Waals surface area contributed by atoms with Crippen molar-refractivity contribution in [1.82, 2.24) is 14.3 Å². The second kappa shape index (κ2) is 7.27. The lowest BCUT2D eigenvalue weighted by Crippen LogP contribution is -2.44. The van der Waals surface area contributed by atoms with Gasteiger partial charge in [0.2, 0.25) is 10.0 Å². The molecule has 8 heteroatoms. The van der Waals surface area contributed by atoms with Crippen LogP contribution < -0.4 is 4.74 Å². The van der Waals surface area contributed by atoms with E-state index in [1.54, 1.807) is 18.2 Å². The maximum atomic E-state index is 12.9. The van der Waals surface area contributed by atoms with E-state index in [2.05, 4.69) is 9.97 Å². The van der Waals surface area contributed by atoms with Crippen LogP contribution in [0.2, 0.25) is 5.02 Å². The van der Waals surface area contributed by atoms with Crippen LogP contribution in [0.25, 0.3) is 0 Å². The topological polar surface area (TPSA) is 72.4 Å². The minimum absolute atomic E-state index is 0.125. The Hall–Kier alpha value is -1.70. The van der Waals surface area contributed by atoms with Crippen LogP contribution in [0, 0.1) is 13.8 Å². The molecule has 0 N–H and O–H groups in total. The summed E-state index contributed by atoms with van der Waals surface area (Å²) >= 11 is 6.07. The van der Waals surface area contributed by atoms with Gasteiger partial charge in [-0.15, -0.1) is 0 Å². The average molecular weight is 382 g/mol. The number of benzene rings is 1. The minimum Gasteiger partial charge on any atom is -0.459 e. The largest absolute Gasteiger partial charge is 0.459 e. The molecule has 1 aromatic heterocycles. The third kappa shape index (κ3) is 4.11. The van der Waals surface area contributed by atoms with Crippen molar-refractivity contribution in [2.75, 3.05) is 13.1 Å². The highest BCUT2D eigenvalue weighted by Gasteiger charge is 2.32. The summed E-state index contributed by atoms with van der Waals surface area (Å²) < 4.78 is 33.0. The van der Waals surface area contributed by atoms with Crippen molar-refractivity contribution in [3.63, 3.8) is 0 Å². The van der Waals surface area contributed by atoms with Crippen LogP contribution in [0.15, 0.2) is 35.2 Å². The van der Waals surface area contributed by atoms with Gasteiger partial charge < -0.3 is 4.74 Å². The Bertz CT molecular complexity index is 853. The van der Waals surface area contributed by atoms with Crippen LogP contribution in [0.4, 0.5) is 0 Å². The lowest BCUT2D eigenvalue weighted by molar-refractivity contribution is 0.119. The molecule has 1 atom stereocenters. The van der Waals surface area contributed by atoms with Gasteiger partial charge in [-0.2, -0.15) is 4.31 Å². The Balaban J connectivity index is 1.78. The monoisotopic (exact) mass is 381 g/mol. The van der Waals surface area contributed by atoms with Gasteiger partial charge in [-0.25, -0.2) is 18.4 Å². The second-order valence-corrected chi connectivity index (χ2v) is 8.42. The smallest absolute Gasteiger partial charge is 0.317 e. The molecule has 1 unspecified atom stereocenters. The summed E-state index contributed by atoms with van der Waals surface area (Å²) in [5, 5.41) is 0.225. The van der Waals surface area contributed by atoms with Crippen LogP contribution in [-0.4, -0.2) is 41.9 Å².